The summed E-state index contributed by atoms with van der Waals surface area (Å²) in [6, 6.07) is 4.40. The van der Waals surface area contributed by atoms with Crippen LogP contribution < -0.4 is 20.5 Å². The number of hydrogen-bond donors (Lipinski definition) is 1. The molecule has 0 saturated carbocycles. The molecule has 0 radical (unpaired) electrons. The third-order valence-corrected chi connectivity index (χ3v) is 4.74. The molecule has 0 saturated heterocycles. The Morgan fingerprint density at radius 3 is 2.79 bits per heavy atom. The van der Waals surface area contributed by atoms with Crippen LogP contribution in [-0.2, 0) is 11.2 Å². The Balaban J connectivity index is 2.07. The number of hydrogen-bond acceptors (Lipinski definition) is 4. The van der Waals surface area contributed by atoms with Crippen LogP contribution in [0.1, 0.15) is 25.8 Å². The summed E-state index contributed by atoms with van der Waals surface area (Å²) in [5.41, 5.74) is 0.977. The quantitative estimate of drug-likeness (QED) is 0.805. The lowest BCUT2D eigenvalue weighted by atomic mass is 9.98. The van der Waals surface area contributed by atoms with Crippen molar-refractivity contribution < 1.29 is 19.2 Å². The van der Waals surface area contributed by atoms with Crippen molar-refractivity contribution in [2.75, 3.05) is 31.1 Å². The molecular formula is C18H22N2O4. The third kappa shape index (κ3) is 2.89. The minimum Gasteiger partial charge on any atom is -0.872 e. The number of nitrogens with zero attached hydrogens (tertiary/aromatic N) is 1. The van der Waals surface area contributed by atoms with Crippen molar-refractivity contribution in [1.29, 1.82) is 0 Å². The molecule has 0 spiro atoms. The minimum atomic E-state index is -0.501. The predicted octanol–water partition coefficient (Wildman–Crippen LogP) is 0.0705. The van der Waals surface area contributed by atoms with E-state index in [4.69, 9.17) is 4.42 Å². The molecule has 0 bridgehead atoms. The Morgan fingerprint density at radius 2 is 2.08 bits per heavy atom. The SMILES string of the molecule is CC[NH+](CC)CC(=O)N1CCCc2c1c(=O)oc1ccc([O-])cc21. The molecule has 2 aromatic rings. The molecule has 1 aromatic carbocycles. The molecule has 1 N–H and O–H groups in total. The first kappa shape index (κ1) is 16.5. The van der Waals surface area contributed by atoms with Gasteiger partial charge in [0.05, 0.1) is 13.1 Å². The van der Waals surface area contributed by atoms with Gasteiger partial charge in [-0.1, -0.05) is 12.1 Å². The fraction of sp³-hybridized carbons (Fsp3) is 0.444. The van der Waals surface area contributed by atoms with Crippen LogP contribution in [0, 0.1) is 0 Å². The van der Waals surface area contributed by atoms with Gasteiger partial charge < -0.3 is 19.3 Å². The van der Waals surface area contributed by atoms with E-state index in [1.807, 2.05) is 13.8 Å². The summed E-state index contributed by atoms with van der Waals surface area (Å²) in [5, 5.41) is 12.3. The van der Waals surface area contributed by atoms with Gasteiger partial charge in [0.25, 0.3) is 5.91 Å². The van der Waals surface area contributed by atoms with E-state index in [-0.39, 0.29) is 11.7 Å². The molecule has 2 heterocycles. The molecule has 1 aliphatic rings. The molecule has 1 amide bonds. The van der Waals surface area contributed by atoms with Gasteiger partial charge in [0, 0.05) is 11.9 Å². The Bertz CT molecular complexity index is 824. The van der Waals surface area contributed by atoms with Gasteiger partial charge in [-0.2, -0.15) is 0 Å². The van der Waals surface area contributed by atoms with Crippen LogP contribution in [0.3, 0.4) is 0 Å². The summed E-state index contributed by atoms with van der Waals surface area (Å²) in [6.07, 6.45) is 1.44. The van der Waals surface area contributed by atoms with E-state index in [9.17, 15) is 14.7 Å². The number of likely N-dealkylation sites (N-methyl/N-ethyl adjacent to an activating group) is 1. The van der Waals surface area contributed by atoms with Crippen LogP contribution in [-0.4, -0.2) is 32.1 Å². The number of carbonyl (C=O) groups excluding carboxylic acids is 1. The van der Waals surface area contributed by atoms with Crippen molar-refractivity contribution in [3.63, 3.8) is 0 Å². The molecule has 6 nitrogen and oxygen atoms in total. The number of benzene rings is 1. The number of carbonyl (C=O) groups is 1. The van der Waals surface area contributed by atoms with Crippen molar-refractivity contribution in [3.8, 4) is 5.75 Å². The highest BCUT2D eigenvalue weighted by atomic mass is 16.4. The monoisotopic (exact) mass is 330 g/mol. The average molecular weight is 330 g/mol. The minimum absolute atomic E-state index is 0.0698. The predicted molar refractivity (Wildman–Crippen MR) is 89.5 cm³/mol. The van der Waals surface area contributed by atoms with Crippen molar-refractivity contribution >= 4 is 22.6 Å². The lowest BCUT2D eigenvalue weighted by Crippen LogP contribution is -3.12. The molecule has 0 atom stereocenters. The summed E-state index contributed by atoms with van der Waals surface area (Å²) in [7, 11) is 0. The average Bonchev–Trinajstić information content (AvgIpc) is 2.59. The first-order valence-electron chi connectivity index (χ1n) is 8.45. The zero-order valence-corrected chi connectivity index (χ0v) is 14.1. The van der Waals surface area contributed by atoms with Crippen LogP contribution >= 0.6 is 0 Å². The zero-order valence-electron chi connectivity index (χ0n) is 14.1. The van der Waals surface area contributed by atoms with Crippen LogP contribution in [0.25, 0.3) is 11.0 Å². The third-order valence-electron chi connectivity index (χ3n) is 4.74. The van der Waals surface area contributed by atoms with E-state index in [1.165, 1.54) is 23.1 Å². The highest BCUT2D eigenvalue weighted by Crippen LogP contribution is 2.31. The van der Waals surface area contributed by atoms with Gasteiger partial charge >= 0.3 is 5.63 Å². The summed E-state index contributed by atoms with van der Waals surface area (Å²) in [4.78, 5) is 27.9. The molecule has 1 aliphatic heterocycles. The Kier molecular flexibility index (Phi) is 4.57. The van der Waals surface area contributed by atoms with E-state index in [0.29, 0.717) is 36.2 Å². The number of nitrogens with one attached hydrogen (secondary N) is 1. The van der Waals surface area contributed by atoms with Crippen molar-refractivity contribution in [3.05, 3.63) is 34.2 Å². The second-order valence-electron chi connectivity index (χ2n) is 6.16. The van der Waals surface area contributed by atoms with Gasteiger partial charge in [-0.25, -0.2) is 4.79 Å². The normalized spacial score (nSPS) is 14.2. The molecule has 1 aromatic heterocycles. The van der Waals surface area contributed by atoms with E-state index < -0.39 is 5.63 Å². The van der Waals surface area contributed by atoms with Crippen LogP contribution in [0.5, 0.6) is 5.75 Å². The Labute approximate surface area is 140 Å². The highest BCUT2D eigenvalue weighted by Gasteiger charge is 2.29. The second-order valence-corrected chi connectivity index (χ2v) is 6.16. The Hall–Kier alpha value is -2.34. The van der Waals surface area contributed by atoms with Gasteiger partial charge in [0.2, 0.25) is 0 Å². The summed E-state index contributed by atoms with van der Waals surface area (Å²) >= 11 is 0. The fourth-order valence-corrected chi connectivity index (χ4v) is 3.34. The van der Waals surface area contributed by atoms with Gasteiger partial charge in [-0.3, -0.25) is 4.79 Å². The topological polar surface area (TPSA) is 78.0 Å². The molecule has 0 fully saturated rings. The van der Waals surface area contributed by atoms with Crippen molar-refractivity contribution in [2.24, 2.45) is 0 Å². The number of aryl methyl sites for hydroxylation is 1. The number of amides is 1. The van der Waals surface area contributed by atoms with E-state index >= 15 is 0 Å². The van der Waals surface area contributed by atoms with Crippen LogP contribution in [0.2, 0.25) is 0 Å². The number of rotatable bonds is 4. The van der Waals surface area contributed by atoms with Crippen molar-refractivity contribution in [2.45, 2.75) is 26.7 Å². The van der Waals surface area contributed by atoms with Crippen LogP contribution in [0.4, 0.5) is 5.69 Å². The first-order valence-corrected chi connectivity index (χ1v) is 8.45. The molecule has 0 unspecified atom stereocenters. The van der Waals surface area contributed by atoms with E-state index in [0.717, 1.165) is 25.1 Å². The maximum Gasteiger partial charge on any atom is 0.360 e. The van der Waals surface area contributed by atoms with Gasteiger partial charge in [-0.15, -0.1) is 5.75 Å². The summed E-state index contributed by atoms with van der Waals surface area (Å²) < 4.78 is 5.36. The molecule has 24 heavy (non-hydrogen) atoms. The first-order chi connectivity index (χ1) is 11.5. The molecule has 128 valence electrons. The van der Waals surface area contributed by atoms with Gasteiger partial charge in [-0.05, 0) is 38.3 Å². The van der Waals surface area contributed by atoms with Gasteiger partial charge in [0.15, 0.2) is 6.54 Å². The van der Waals surface area contributed by atoms with E-state index in [2.05, 4.69) is 0 Å². The van der Waals surface area contributed by atoms with E-state index in [1.54, 1.807) is 4.90 Å². The van der Waals surface area contributed by atoms with Crippen LogP contribution in [0.15, 0.2) is 27.4 Å². The smallest absolute Gasteiger partial charge is 0.360 e. The standard InChI is InChI=1S/C18H22N2O4/c1-3-19(4-2)11-16(22)20-9-5-6-13-14-10-12(21)7-8-15(14)24-18(23)17(13)20/h7-8,10,21H,3-6,9,11H2,1-2H3. The fourth-order valence-electron chi connectivity index (χ4n) is 3.34. The second kappa shape index (κ2) is 6.65. The molecule has 0 aliphatic carbocycles. The number of anilines is 1. The maximum atomic E-state index is 12.7. The molecular weight excluding hydrogens is 308 g/mol. The molecule has 3 rings (SSSR count). The zero-order chi connectivity index (χ0) is 17.3. The number of fused-ring (bicyclic) bond motifs is 3. The van der Waals surface area contributed by atoms with Crippen molar-refractivity contribution in [1.82, 2.24) is 0 Å². The summed E-state index contributed by atoms with van der Waals surface area (Å²) in [5.74, 6) is -0.200. The lowest BCUT2D eigenvalue weighted by Gasteiger charge is -2.29. The van der Waals surface area contributed by atoms with Gasteiger partial charge in [0.1, 0.15) is 11.3 Å². The number of quaternary nitrogens is 1. The highest BCUT2D eigenvalue weighted by molar-refractivity contribution is 5.98. The lowest BCUT2D eigenvalue weighted by molar-refractivity contribution is -0.888. The molecule has 6 heteroatoms. The Morgan fingerprint density at radius 1 is 1.33 bits per heavy atom. The largest absolute Gasteiger partial charge is 0.872 e. The maximum absolute atomic E-state index is 12.7. The summed E-state index contributed by atoms with van der Waals surface area (Å²) in [6.45, 7) is 6.65.